The number of rotatable bonds is 7. The second-order valence-corrected chi connectivity index (χ2v) is 6.83. The van der Waals surface area contributed by atoms with Crippen LogP contribution in [0.2, 0.25) is 0 Å². The molecular weight excluding hydrogens is 326 g/mol. The lowest BCUT2D eigenvalue weighted by Gasteiger charge is -2.28. The third-order valence-corrected chi connectivity index (χ3v) is 5.15. The van der Waals surface area contributed by atoms with Crippen molar-refractivity contribution >= 4 is 5.91 Å². The van der Waals surface area contributed by atoms with Gasteiger partial charge < -0.3 is 9.47 Å². The Balaban J connectivity index is 1.85. The minimum atomic E-state index is -0.386. The molecule has 0 saturated carbocycles. The van der Waals surface area contributed by atoms with Crippen molar-refractivity contribution in [3.05, 3.63) is 47.5 Å². The molecule has 2 atom stereocenters. The molecule has 0 unspecified atom stereocenters. The minimum absolute atomic E-state index is 0.0564. The van der Waals surface area contributed by atoms with Crippen molar-refractivity contribution in [1.29, 1.82) is 0 Å². The molecule has 1 aliphatic heterocycles. The van der Waals surface area contributed by atoms with Crippen LogP contribution in [0.5, 0.6) is 0 Å². The summed E-state index contributed by atoms with van der Waals surface area (Å²) < 4.78 is 2.21. The summed E-state index contributed by atoms with van der Waals surface area (Å²) in [5, 5.41) is 12.3. The van der Waals surface area contributed by atoms with Crippen LogP contribution in [-0.2, 0) is 17.8 Å². The Morgan fingerprint density at radius 3 is 2.62 bits per heavy atom. The molecule has 1 N–H and O–H groups in total. The number of likely N-dealkylation sites (N-methyl/N-ethyl adjacent to an activating group) is 1. The number of benzene rings is 1. The first-order chi connectivity index (χ1) is 12.7. The average molecular weight is 355 g/mol. The summed E-state index contributed by atoms with van der Waals surface area (Å²) in [4.78, 5) is 15.0. The maximum Gasteiger partial charge on any atom is 0.244 e. The molecule has 2 aromatic rings. The fourth-order valence-electron chi connectivity index (χ4n) is 3.65. The van der Waals surface area contributed by atoms with E-state index >= 15 is 0 Å². The Morgan fingerprint density at radius 2 is 1.92 bits per heavy atom. The Labute approximate surface area is 155 Å². The van der Waals surface area contributed by atoms with Gasteiger partial charge in [-0.25, -0.2) is 0 Å². The van der Waals surface area contributed by atoms with Crippen molar-refractivity contribution < 1.29 is 4.79 Å². The quantitative estimate of drug-likeness (QED) is 0.829. The van der Waals surface area contributed by atoms with Crippen LogP contribution >= 0.6 is 0 Å². The molecule has 1 aromatic carbocycles. The number of fused-ring (bicyclic) bond motifs is 1. The van der Waals surface area contributed by atoms with Gasteiger partial charge in [-0.1, -0.05) is 30.3 Å². The van der Waals surface area contributed by atoms with Gasteiger partial charge in [0.2, 0.25) is 5.91 Å². The van der Waals surface area contributed by atoms with E-state index < -0.39 is 0 Å². The number of aryl methyl sites for hydroxylation is 1. The van der Waals surface area contributed by atoms with E-state index in [-0.39, 0.29) is 18.0 Å². The second-order valence-electron chi connectivity index (χ2n) is 6.83. The fraction of sp³-hybridized carbons (Fsp3) is 0.550. The Morgan fingerprint density at radius 1 is 1.19 bits per heavy atom. The van der Waals surface area contributed by atoms with E-state index in [1.54, 1.807) is 0 Å². The van der Waals surface area contributed by atoms with E-state index in [9.17, 15) is 4.79 Å². The van der Waals surface area contributed by atoms with Crippen molar-refractivity contribution in [2.45, 2.75) is 58.7 Å². The average Bonchev–Trinajstić information content (AvgIpc) is 3.11. The van der Waals surface area contributed by atoms with Gasteiger partial charge in [-0.2, -0.15) is 0 Å². The zero-order chi connectivity index (χ0) is 18.5. The van der Waals surface area contributed by atoms with Gasteiger partial charge in [0.05, 0.1) is 6.04 Å². The minimum Gasteiger partial charge on any atom is -0.342 e. The number of hydrogen-bond acceptors (Lipinski definition) is 4. The van der Waals surface area contributed by atoms with Crippen LogP contribution in [0.3, 0.4) is 0 Å². The number of hydrogen-bond donors (Lipinski definition) is 1. The predicted octanol–water partition coefficient (Wildman–Crippen LogP) is 2.87. The highest BCUT2D eigenvalue weighted by molar-refractivity contribution is 5.83. The molecule has 0 saturated heterocycles. The van der Waals surface area contributed by atoms with Crippen LogP contribution in [0.4, 0.5) is 0 Å². The highest BCUT2D eigenvalue weighted by Crippen LogP contribution is 2.23. The Bertz CT molecular complexity index is 723. The number of carbonyl (C=O) groups is 1. The fourth-order valence-corrected chi connectivity index (χ4v) is 3.65. The Hall–Kier alpha value is -2.21. The molecule has 3 rings (SSSR count). The van der Waals surface area contributed by atoms with E-state index in [0.29, 0.717) is 13.1 Å². The topological polar surface area (TPSA) is 63.1 Å². The smallest absolute Gasteiger partial charge is 0.244 e. The first-order valence-electron chi connectivity index (χ1n) is 9.67. The van der Waals surface area contributed by atoms with Crippen LogP contribution in [-0.4, -0.2) is 38.7 Å². The third kappa shape index (κ3) is 3.80. The van der Waals surface area contributed by atoms with Crippen molar-refractivity contribution in [3.8, 4) is 0 Å². The maximum atomic E-state index is 13.1. The molecule has 0 aliphatic carbocycles. The van der Waals surface area contributed by atoms with Gasteiger partial charge in [-0.15, -0.1) is 10.2 Å². The lowest BCUT2D eigenvalue weighted by Crippen LogP contribution is -2.42. The predicted molar refractivity (Wildman–Crippen MR) is 102 cm³/mol. The summed E-state index contributed by atoms with van der Waals surface area (Å²) in [5.74, 6) is 2.09. The number of carbonyl (C=O) groups excluding carboxylic acids is 1. The monoisotopic (exact) mass is 355 g/mol. The summed E-state index contributed by atoms with van der Waals surface area (Å²) in [6.45, 7) is 8.47. The molecule has 26 heavy (non-hydrogen) atoms. The molecular formula is C20H29N5O. The van der Waals surface area contributed by atoms with Crippen LogP contribution in [0.1, 0.15) is 62.9 Å². The van der Waals surface area contributed by atoms with Gasteiger partial charge in [-0.3, -0.25) is 10.1 Å². The molecule has 1 amide bonds. The van der Waals surface area contributed by atoms with Gasteiger partial charge in [0.25, 0.3) is 0 Å². The number of amides is 1. The maximum absolute atomic E-state index is 13.1. The molecule has 0 fully saturated rings. The van der Waals surface area contributed by atoms with Crippen molar-refractivity contribution in [2.75, 3.05) is 13.1 Å². The number of nitrogens with one attached hydrogen (secondary N) is 1. The molecule has 1 aromatic heterocycles. The zero-order valence-electron chi connectivity index (χ0n) is 16.0. The van der Waals surface area contributed by atoms with Crippen LogP contribution in [0, 0.1) is 0 Å². The normalized spacial score (nSPS) is 16.0. The van der Waals surface area contributed by atoms with Gasteiger partial charge in [0.15, 0.2) is 0 Å². The highest BCUT2D eigenvalue weighted by Gasteiger charge is 2.28. The van der Waals surface area contributed by atoms with Crippen molar-refractivity contribution in [3.63, 3.8) is 0 Å². The molecule has 6 heteroatoms. The summed E-state index contributed by atoms with van der Waals surface area (Å²) in [6.07, 6.45) is 3.32. The van der Waals surface area contributed by atoms with E-state index in [2.05, 4.69) is 27.0 Å². The molecule has 2 heterocycles. The summed E-state index contributed by atoms with van der Waals surface area (Å²) in [5.41, 5.74) is 0.981. The molecule has 6 nitrogen and oxygen atoms in total. The van der Waals surface area contributed by atoms with Gasteiger partial charge in [0, 0.05) is 26.1 Å². The van der Waals surface area contributed by atoms with E-state index in [1.807, 2.05) is 49.1 Å². The van der Waals surface area contributed by atoms with E-state index in [0.717, 1.165) is 36.6 Å². The second kappa shape index (κ2) is 8.45. The first-order valence-corrected chi connectivity index (χ1v) is 9.67. The standard InChI is InChI=1S/C20H29N5O/c1-4-24(5-2)20(26)18(16-11-7-6-8-12-16)21-15(3)19-23-22-17-13-9-10-14-25(17)19/h6-8,11-12,15,18,21H,4-5,9-10,13-14H2,1-3H3/t15-,18-/m0/s1. The number of nitrogens with zero attached hydrogens (tertiary/aromatic N) is 4. The Kier molecular flexibility index (Phi) is 6.04. The molecule has 0 radical (unpaired) electrons. The molecule has 140 valence electrons. The molecule has 0 bridgehead atoms. The lowest BCUT2D eigenvalue weighted by atomic mass is 10.0. The molecule has 1 aliphatic rings. The van der Waals surface area contributed by atoms with Gasteiger partial charge in [0.1, 0.15) is 17.7 Å². The summed E-state index contributed by atoms with van der Waals surface area (Å²) in [6, 6.07) is 9.49. The lowest BCUT2D eigenvalue weighted by molar-refractivity contribution is -0.133. The first kappa shape index (κ1) is 18.6. The van der Waals surface area contributed by atoms with Crippen molar-refractivity contribution in [1.82, 2.24) is 25.0 Å². The van der Waals surface area contributed by atoms with Gasteiger partial charge >= 0.3 is 0 Å². The van der Waals surface area contributed by atoms with Crippen LogP contribution in [0.25, 0.3) is 0 Å². The largest absolute Gasteiger partial charge is 0.342 e. The zero-order valence-corrected chi connectivity index (χ0v) is 16.0. The number of aromatic nitrogens is 3. The van der Waals surface area contributed by atoms with Crippen LogP contribution in [0.15, 0.2) is 30.3 Å². The van der Waals surface area contributed by atoms with Crippen molar-refractivity contribution in [2.24, 2.45) is 0 Å². The SMILES string of the molecule is CCN(CC)C(=O)[C@@H](N[C@@H](C)c1nnc2n1CCCC2)c1ccccc1. The summed E-state index contributed by atoms with van der Waals surface area (Å²) >= 11 is 0. The van der Waals surface area contributed by atoms with Crippen LogP contribution < -0.4 is 5.32 Å². The van der Waals surface area contributed by atoms with E-state index in [4.69, 9.17) is 0 Å². The highest BCUT2D eigenvalue weighted by atomic mass is 16.2. The third-order valence-electron chi connectivity index (χ3n) is 5.15. The molecule has 0 spiro atoms. The van der Waals surface area contributed by atoms with E-state index in [1.165, 1.54) is 6.42 Å². The van der Waals surface area contributed by atoms with Gasteiger partial charge in [-0.05, 0) is 39.2 Å². The summed E-state index contributed by atoms with van der Waals surface area (Å²) in [7, 11) is 0.